The van der Waals surface area contributed by atoms with Crippen molar-refractivity contribution in [3.05, 3.63) is 125 Å². The van der Waals surface area contributed by atoms with Gasteiger partial charge in [-0.2, -0.15) is 0 Å². The molecule has 7 atom stereocenters. The zero-order chi connectivity index (χ0) is 36.3. The van der Waals surface area contributed by atoms with Gasteiger partial charge >= 0.3 is 5.97 Å². The van der Waals surface area contributed by atoms with E-state index in [0.717, 1.165) is 12.0 Å². The number of hydrogen-bond acceptors (Lipinski definition) is 7. The number of amides is 2. The number of para-hydroxylation sites is 1. The van der Waals surface area contributed by atoms with Crippen molar-refractivity contribution in [1.29, 1.82) is 0 Å². The van der Waals surface area contributed by atoms with Crippen LogP contribution in [0.4, 0.5) is 5.69 Å². The van der Waals surface area contributed by atoms with Gasteiger partial charge in [0.15, 0.2) is 6.10 Å². The fraction of sp³-hybridized carbons (Fsp3) is 0.244. The molecule has 0 N–H and O–H groups in total. The molecule has 8 rings (SSSR count). The number of benzene rings is 4. The average molecular weight is 843 g/mol. The molecule has 2 bridgehead atoms. The summed E-state index contributed by atoms with van der Waals surface area (Å²) in [5.41, 5.74) is 3.55. The lowest BCUT2D eigenvalue weighted by Crippen LogP contribution is -2.37. The van der Waals surface area contributed by atoms with Crippen molar-refractivity contribution >= 4 is 83.6 Å². The molecular weight excluding hydrogens is 812 g/mol. The van der Waals surface area contributed by atoms with Crippen LogP contribution >= 0.6 is 43.5 Å². The first-order valence-electron chi connectivity index (χ1n) is 17.0. The number of ketones is 1. The highest BCUT2D eigenvalue weighted by molar-refractivity contribution is 9.12. The maximum Gasteiger partial charge on any atom is 0.339 e. The number of Topliss-reactive ketones (excluding diaryl/α,β-unsaturated/α-hetero) is 1. The molecule has 3 fully saturated rings. The van der Waals surface area contributed by atoms with Crippen molar-refractivity contribution in [2.75, 3.05) is 4.90 Å². The van der Waals surface area contributed by atoms with Gasteiger partial charge in [0, 0.05) is 26.2 Å². The lowest BCUT2D eigenvalue weighted by molar-refractivity contribution is -0.123. The van der Waals surface area contributed by atoms with Crippen LogP contribution in [-0.4, -0.2) is 44.3 Å². The number of anilines is 1. The predicted octanol–water partition coefficient (Wildman–Crippen LogP) is 8.84. The Morgan fingerprint density at radius 2 is 1.52 bits per heavy atom. The minimum absolute atomic E-state index is 0.119. The number of nitrogens with zero attached hydrogens (tertiary/aromatic N) is 2. The van der Waals surface area contributed by atoms with Crippen molar-refractivity contribution in [2.45, 2.75) is 35.7 Å². The van der Waals surface area contributed by atoms with Gasteiger partial charge in [0.05, 0.1) is 39.3 Å². The Morgan fingerprint density at radius 3 is 2.17 bits per heavy atom. The zero-order valence-electron chi connectivity index (χ0n) is 27.7. The molecular formula is C41H31Br2ClN2O6. The summed E-state index contributed by atoms with van der Waals surface area (Å²) in [7, 11) is 0. The number of halogens is 3. The van der Waals surface area contributed by atoms with Gasteiger partial charge < -0.3 is 9.47 Å². The summed E-state index contributed by atoms with van der Waals surface area (Å²) >= 11 is 14.0. The molecule has 3 aliphatic rings. The monoisotopic (exact) mass is 840 g/mol. The fourth-order valence-corrected chi connectivity index (χ4v) is 9.97. The first-order chi connectivity index (χ1) is 25.1. The van der Waals surface area contributed by atoms with E-state index in [0.29, 0.717) is 50.8 Å². The molecule has 2 heterocycles. The summed E-state index contributed by atoms with van der Waals surface area (Å²) < 4.78 is 11.6. The number of hydrogen-bond donors (Lipinski definition) is 0. The number of ether oxygens (including phenoxy) is 2. The van der Waals surface area contributed by atoms with E-state index in [1.165, 1.54) is 11.8 Å². The van der Waals surface area contributed by atoms with Crippen molar-refractivity contribution < 1.29 is 28.7 Å². The van der Waals surface area contributed by atoms with Crippen LogP contribution in [0.3, 0.4) is 0 Å². The Hall–Kier alpha value is -4.38. The average Bonchev–Trinajstić information content (AvgIpc) is 3.78. The molecule has 0 radical (unpaired) electrons. The van der Waals surface area contributed by atoms with E-state index in [2.05, 4.69) is 31.9 Å². The minimum Gasteiger partial charge on any atom is -0.489 e. The number of esters is 1. The van der Waals surface area contributed by atoms with E-state index >= 15 is 0 Å². The number of carbonyl (C=O) groups is 4. The van der Waals surface area contributed by atoms with Gasteiger partial charge in [0.25, 0.3) is 0 Å². The summed E-state index contributed by atoms with van der Waals surface area (Å²) in [4.78, 5) is 60.6. The molecule has 2 aliphatic carbocycles. The number of fused-ring (bicyclic) bond motifs is 6. The normalized spacial score (nSPS) is 23.9. The third kappa shape index (κ3) is 6.04. The number of pyridine rings is 1. The standard InChI is InChI=1S/C41H31Br2ClN2O6/c1-21(38(47)24-12-16-26(17-13-24)51-20-22-6-3-2-4-7-22)52-41(50)28-19-32(45-37-27(28)8-5-9-31(37)44)23-10-14-25(15-11-23)46-39(48)33-29-18-30(34(33)40(46)49)36(43)35(29)42/h2-17,19,21,29-30,33-36H,18,20H2,1H3. The second-order valence-electron chi connectivity index (χ2n) is 13.5. The van der Waals surface area contributed by atoms with Crippen LogP contribution in [0.25, 0.3) is 22.2 Å². The Balaban J connectivity index is 1.01. The molecule has 11 heteroatoms. The first-order valence-corrected chi connectivity index (χ1v) is 19.2. The molecule has 1 saturated heterocycles. The zero-order valence-corrected chi connectivity index (χ0v) is 31.7. The smallest absolute Gasteiger partial charge is 0.339 e. The number of rotatable bonds is 9. The topological polar surface area (TPSA) is 103 Å². The fourth-order valence-electron chi connectivity index (χ4n) is 7.88. The van der Waals surface area contributed by atoms with E-state index < -0.39 is 12.1 Å². The van der Waals surface area contributed by atoms with Gasteiger partial charge in [0.1, 0.15) is 12.4 Å². The van der Waals surface area contributed by atoms with Gasteiger partial charge in [-0.3, -0.25) is 19.3 Å². The van der Waals surface area contributed by atoms with Crippen LogP contribution in [-0.2, 0) is 20.9 Å². The summed E-state index contributed by atoms with van der Waals surface area (Å²) in [6.45, 7) is 1.93. The van der Waals surface area contributed by atoms with Gasteiger partial charge in [-0.1, -0.05) is 98.1 Å². The van der Waals surface area contributed by atoms with Gasteiger partial charge in [0.2, 0.25) is 17.6 Å². The second-order valence-corrected chi connectivity index (χ2v) is 16.0. The number of aromatic nitrogens is 1. The van der Waals surface area contributed by atoms with E-state index in [4.69, 9.17) is 26.1 Å². The van der Waals surface area contributed by atoms with Crippen LogP contribution < -0.4 is 9.64 Å². The van der Waals surface area contributed by atoms with Crippen LogP contribution in [0.5, 0.6) is 5.75 Å². The van der Waals surface area contributed by atoms with Gasteiger partial charge in [-0.15, -0.1) is 0 Å². The lowest BCUT2D eigenvalue weighted by Gasteiger charge is -2.28. The molecule has 7 unspecified atom stereocenters. The molecule has 8 nitrogen and oxygen atoms in total. The van der Waals surface area contributed by atoms with Crippen LogP contribution in [0, 0.1) is 23.7 Å². The molecule has 5 aromatic rings. The van der Waals surface area contributed by atoms with E-state index in [9.17, 15) is 19.2 Å². The summed E-state index contributed by atoms with van der Waals surface area (Å²) in [6, 6.07) is 30.2. The Kier molecular flexibility index (Phi) is 9.26. The van der Waals surface area contributed by atoms with E-state index in [-0.39, 0.29) is 56.5 Å². The highest BCUT2D eigenvalue weighted by Gasteiger charge is 2.66. The quantitative estimate of drug-likeness (QED) is 0.0633. The molecule has 2 amide bonds. The van der Waals surface area contributed by atoms with Crippen LogP contribution in [0.1, 0.15) is 39.6 Å². The molecule has 52 heavy (non-hydrogen) atoms. The molecule has 1 aliphatic heterocycles. The first kappa shape index (κ1) is 34.7. The van der Waals surface area contributed by atoms with E-state index in [1.807, 2.05) is 30.3 Å². The Bertz CT molecular complexity index is 2200. The molecule has 262 valence electrons. The summed E-state index contributed by atoms with van der Waals surface area (Å²) in [5.74, 6) is -1.17. The van der Waals surface area contributed by atoms with Crippen molar-refractivity contribution in [3.8, 4) is 17.0 Å². The van der Waals surface area contributed by atoms with Gasteiger partial charge in [-0.25, -0.2) is 9.78 Å². The second kappa shape index (κ2) is 13.9. The SMILES string of the molecule is CC(OC(=O)c1cc(-c2ccc(N3C(=O)C4C5CC(C(Br)C5Br)C4C3=O)cc2)nc2c(Cl)cccc12)C(=O)c1ccc(OCc2ccccc2)cc1. The Morgan fingerprint density at radius 1 is 0.865 bits per heavy atom. The van der Waals surface area contributed by atoms with Crippen molar-refractivity contribution in [1.82, 2.24) is 4.98 Å². The summed E-state index contributed by atoms with van der Waals surface area (Å²) in [5, 5.41) is 0.815. The van der Waals surface area contributed by atoms with Crippen LogP contribution in [0.15, 0.2) is 103 Å². The van der Waals surface area contributed by atoms with Crippen molar-refractivity contribution in [3.63, 3.8) is 0 Å². The summed E-state index contributed by atoms with van der Waals surface area (Å²) in [6.07, 6.45) is -0.226. The van der Waals surface area contributed by atoms with Crippen molar-refractivity contribution in [2.24, 2.45) is 23.7 Å². The molecule has 0 spiro atoms. The highest BCUT2D eigenvalue weighted by atomic mass is 79.9. The molecule has 1 aromatic heterocycles. The van der Waals surface area contributed by atoms with Gasteiger partial charge in [-0.05, 0) is 79.3 Å². The minimum atomic E-state index is -1.08. The molecule has 2 saturated carbocycles. The third-order valence-corrected chi connectivity index (χ3v) is 14.0. The largest absolute Gasteiger partial charge is 0.489 e. The maximum absolute atomic E-state index is 13.7. The van der Waals surface area contributed by atoms with E-state index in [1.54, 1.807) is 72.8 Å². The predicted molar refractivity (Wildman–Crippen MR) is 205 cm³/mol. The highest BCUT2D eigenvalue weighted by Crippen LogP contribution is 2.60. The number of imide groups is 1. The number of carbonyl (C=O) groups excluding carboxylic acids is 4. The van der Waals surface area contributed by atoms with Crippen LogP contribution in [0.2, 0.25) is 5.02 Å². The third-order valence-electron chi connectivity index (χ3n) is 10.5. The Labute approximate surface area is 321 Å². The maximum atomic E-state index is 13.7. The molecule has 4 aromatic carbocycles. The number of alkyl halides is 2. The lowest BCUT2D eigenvalue weighted by atomic mass is 9.81.